The van der Waals surface area contributed by atoms with Gasteiger partial charge in [0.2, 0.25) is 11.9 Å². The monoisotopic (exact) mass is 319 g/mol. The minimum Gasteiger partial charge on any atom is -0.378 e. The number of carbonyl (C=O) groups excluding carboxylic acids is 1. The highest BCUT2D eigenvalue weighted by molar-refractivity contribution is 5.77. The molecule has 1 amide bonds. The molecule has 3 rings (SSSR count). The number of nitrogens with zero attached hydrogens (tertiary/aromatic N) is 4. The maximum Gasteiger partial charge on any atom is 0.227 e. The van der Waals surface area contributed by atoms with E-state index in [4.69, 9.17) is 15.5 Å². The molecule has 1 atom stereocenters. The Balaban J connectivity index is 1.84. The van der Waals surface area contributed by atoms with Gasteiger partial charge in [0.1, 0.15) is 5.82 Å². The maximum absolute atomic E-state index is 11.5. The van der Waals surface area contributed by atoms with E-state index in [-0.39, 0.29) is 11.8 Å². The fourth-order valence-corrected chi connectivity index (χ4v) is 3.13. The van der Waals surface area contributed by atoms with Gasteiger partial charge in [0.25, 0.3) is 0 Å². The number of hydrogen-bond acceptors (Lipinski definition) is 6. The minimum absolute atomic E-state index is 0.0874. The molecule has 23 heavy (non-hydrogen) atoms. The number of piperidine rings is 1. The molecule has 1 aromatic rings. The van der Waals surface area contributed by atoms with E-state index in [1.807, 2.05) is 6.07 Å². The number of ether oxygens (including phenoxy) is 1. The molecular formula is C16H25N5O2. The van der Waals surface area contributed by atoms with Gasteiger partial charge in [-0.05, 0) is 19.3 Å². The zero-order valence-electron chi connectivity index (χ0n) is 13.7. The van der Waals surface area contributed by atoms with E-state index in [0.717, 1.165) is 56.4 Å². The van der Waals surface area contributed by atoms with Crippen LogP contribution in [-0.2, 0) is 16.0 Å². The van der Waals surface area contributed by atoms with Crippen molar-refractivity contribution in [3.05, 3.63) is 11.8 Å². The van der Waals surface area contributed by atoms with Crippen LogP contribution in [0, 0.1) is 5.92 Å². The molecule has 126 valence electrons. The molecule has 0 bridgehead atoms. The number of hydrogen-bond donors (Lipinski definition) is 1. The van der Waals surface area contributed by atoms with Crippen molar-refractivity contribution in [3.63, 3.8) is 0 Å². The topological polar surface area (TPSA) is 84.6 Å². The summed E-state index contributed by atoms with van der Waals surface area (Å²) in [6.07, 6.45) is 2.69. The van der Waals surface area contributed by atoms with E-state index >= 15 is 0 Å². The van der Waals surface area contributed by atoms with Gasteiger partial charge in [-0.1, -0.05) is 6.92 Å². The molecule has 7 nitrogen and oxygen atoms in total. The van der Waals surface area contributed by atoms with Gasteiger partial charge in [0.15, 0.2) is 0 Å². The third kappa shape index (κ3) is 3.72. The number of aryl methyl sites for hydroxylation is 1. The summed E-state index contributed by atoms with van der Waals surface area (Å²) in [4.78, 5) is 25.3. The zero-order valence-corrected chi connectivity index (χ0v) is 13.7. The third-order valence-corrected chi connectivity index (χ3v) is 4.56. The number of anilines is 2. The van der Waals surface area contributed by atoms with E-state index in [9.17, 15) is 4.79 Å². The molecule has 2 fully saturated rings. The number of rotatable bonds is 4. The van der Waals surface area contributed by atoms with Crippen LogP contribution in [0.5, 0.6) is 0 Å². The van der Waals surface area contributed by atoms with E-state index in [0.29, 0.717) is 19.8 Å². The van der Waals surface area contributed by atoms with Gasteiger partial charge in [0, 0.05) is 37.9 Å². The average Bonchev–Trinajstić information content (AvgIpc) is 2.62. The summed E-state index contributed by atoms with van der Waals surface area (Å²) in [7, 11) is 0. The van der Waals surface area contributed by atoms with Crippen LogP contribution in [0.2, 0.25) is 0 Å². The second-order valence-corrected chi connectivity index (χ2v) is 6.16. The molecule has 2 aliphatic heterocycles. The molecule has 2 saturated heterocycles. The highest BCUT2D eigenvalue weighted by Gasteiger charge is 2.26. The number of nitrogens with two attached hydrogens (primary N) is 1. The van der Waals surface area contributed by atoms with Crippen molar-refractivity contribution in [3.8, 4) is 0 Å². The first-order chi connectivity index (χ1) is 11.2. The molecular weight excluding hydrogens is 294 g/mol. The van der Waals surface area contributed by atoms with Crippen molar-refractivity contribution in [2.45, 2.75) is 26.2 Å². The van der Waals surface area contributed by atoms with Crippen LogP contribution >= 0.6 is 0 Å². The van der Waals surface area contributed by atoms with Gasteiger partial charge >= 0.3 is 0 Å². The van der Waals surface area contributed by atoms with Crippen LogP contribution < -0.4 is 15.5 Å². The Morgan fingerprint density at radius 3 is 2.78 bits per heavy atom. The molecule has 2 aliphatic rings. The maximum atomic E-state index is 11.5. The second-order valence-electron chi connectivity index (χ2n) is 6.16. The Kier molecular flexibility index (Phi) is 4.95. The Labute approximate surface area is 136 Å². The van der Waals surface area contributed by atoms with Gasteiger partial charge in [-0.25, -0.2) is 4.98 Å². The lowest BCUT2D eigenvalue weighted by molar-refractivity contribution is -0.122. The minimum atomic E-state index is -0.215. The fraction of sp³-hybridized carbons (Fsp3) is 0.688. The summed E-state index contributed by atoms with van der Waals surface area (Å²) in [6, 6.07) is 2.04. The highest BCUT2D eigenvalue weighted by Crippen LogP contribution is 2.24. The van der Waals surface area contributed by atoms with Crippen LogP contribution in [0.3, 0.4) is 0 Å². The summed E-state index contributed by atoms with van der Waals surface area (Å²) >= 11 is 0. The quantitative estimate of drug-likeness (QED) is 0.874. The predicted octanol–water partition coefficient (Wildman–Crippen LogP) is 0.577. The molecule has 0 radical (unpaired) electrons. The van der Waals surface area contributed by atoms with Crippen molar-refractivity contribution in [2.75, 3.05) is 49.2 Å². The van der Waals surface area contributed by atoms with Crippen molar-refractivity contribution >= 4 is 17.7 Å². The van der Waals surface area contributed by atoms with Crippen molar-refractivity contribution in [1.29, 1.82) is 0 Å². The zero-order chi connectivity index (χ0) is 16.2. The standard InChI is InChI=1S/C16H25N5O2/c1-2-13-10-14(21-5-3-4-12(11-21)15(17)22)19-16(18-13)20-6-8-23-9-7-20/h10,12H,2-9,11H2,1H3,(H2,17,22)/t12-/m1/s1. The van der Waals surface area contributed by atoms with E-state index < -0.39 is 0 Å². The molecule has 3 heterocycles. The van der Waals surface area contributed by atoms with Gasteiger partial charge in [-0.15, -0.1) is 0 Å². The van der Waals surface area contributed by atoms with Crippen molar-refractivity contribution in [2.24, 2.45) is 11.7 Å². The lowest BCUT2D eigenvalue weighted by Gasteiger charge is -2.33. The second kappa shape index (κ2) is 7.12. The van der Waals surface area contributed by atoms with Gasteiger partial charge in [-0.3, -0.25) is 4.79 Å². The summed E-state index contributed by atoms with van der Waals surface area (Å²) in [5.74, 6) is 1.37. The van der Waals surface area contributed by atoms with Crippen LogP contribution in [0.25, 0.3) is 0 Å². The predicted molar refractivity (Wildman–Crippen MR) is 88.6 cm³/mol. The van der Waals surface area contributed by atoms with Crippen LogP contribution in [0.1, 0.15) is 25.5 Å². The normalized spacial score (nSPS) is 22.2. The van der Waals surface area contributed by atoms with E-state index in [1.54, 1.807) is 0 Å². The molecule has 0 spiro atoms. The van der Waals surface area contributed by atoms with E-state index in [2.05, 4.69) is 21.7 Å². The summed E-state index contributed by atoms with van der Waals surface area (Å²) in [5, 5.41) is 0. The van der Waals surface area contributed by atoms with Gasteiger partial charge in [-0.2, -0.15) is 4.98 Å². The first-order valence-electron chi connectivity index (χ1n) is 8.42. The van der Waals surface area contributed by atoms with Gasteiger partial charge < -0.3 is 20.3 Å². The molecule has 0 aliphatic carbocycles. The van der Waals surface area contributed by atoms with Gasteiger partial charge in [0.05, 0.1) is 19.1 Å². The van der Waals surface area contributed by atoms with Crippen molar-refractivity contribution < 1.29 is 9.53 Å². The lowest BCUT2D eigenvalue weighted by Crippen LogP contribution is -2.42. The Morgan fingerprint density at radius 1 is 1.30 bits per heavy atom. The fourth-order valence-electron chi connectivity index (χ4n) is 3.13. The molecule has 2 N–H and O–H groups in total. The molecule has 7 heteroatoms. The average molecular weight is 319 g/mol. The van der Waals surface area contributed by atoms with Crippen LogP contribution in [0.15, 0.2) is 6.07 Å². The number of amides is 1. The molecule has 0 aromatic carbocycles. The molecule has 0 unspecified atom stereocenters. The third-order valence-electron chi connectivity index (χ3n) is 4.56. The van der Waals surface area contributed by atoms with Crippen molar-refractivity contribution in [1.82, 2.24) is 9.97 Å². The Morgan fingerprint density at radius 2 is 2.09 bits per heavy atom. The summed E-state index contributed by atoms with van der Waals surface area (Å²) in [6.45, 7) is 6.71. The number of primary amides is 1. The van der Waals surface area contributed by atoms with Crippen LogP contribution in [0.4, 0.5) is 11.8 Å². The first-order valence-corrected chi connectivity index (χ1v) is 8.42. The smallest absolute Gasteiger partial charge is 0.227 e. The summed E-state index contributed by atoms with van der Waals surface area (Å²) in [5.41, 5.74) is 6.52. The largest absolute Gasteiger partial charge is 0.378 e. The first kappa shape index (κ1) is 16.0. The van der Waals surface area contributed by atoms with E-state index in [1.165, 1.54) is 0 Å². The Hall–Kier alpha value is -1.89. The van der Waals surface area contributed by atoms with Crippen LogP contribution in [-0.4, -0.2) is 55.3 Å². The number of aromatic nitrogens is 2. The number of morpholine rings is 1. The SMILES string of the molecule is CCc1cc(N2CCC[C@@H](C(N)=O)C2)nc(N2CCOCC2)n1. The highest BCUT2D eigenvalue weighted by atomic mass is 16.5. The Bertz CT molecular complexity index is 559. The summed E-state index contributed by atoms with van der Waals surface area (Å²) < 4.78 is 5.41. The number of carbonyl (C=O) groups is 1. The lowest BCUT2D eigenvalue weighted by atomic mass is 9.97. The molecule has 0 saturated carbocycles. The molecule has 1 aromatic heterocycles.